The number of methoxy groups -OCH3 is 1. The first-order chi connectivity index (χ1) is 7.85. The first kappa shape index (κ1) is 10.4. The van der Waals surface area contributed by atoms with Crippen molar-refractivity contribution in [2.24, 2.45) is 0 Å². The quantitative estimate of drug-likeness (QED) is 0.784. The van der Waals surface area contributed by atoms with Gasteiger partial charge in [0.15, 0.2) is 6.10 Å². The van der Waals surface area contributed by atoms with Crippen LogP contribution in [0.4, 0.5) is 0 Å². The van der Waals surface area contributed by atoms with Gasteiger partial charge in [-0.15, -0.1) is 0 Å². The van der Waals surface area contributed by atoms with Crippen LogP contribution in [0.3, 0.4) is 0 Å². The SMILES string of the molecule is COC(C#N)c1cnn(-c2ccccc2)c1. The van der Waals surface area contributed by atoms with Crippen molar-refractivity contribution < 1.29 is 4.74 Å². The van der Waals surface area contributed by atoms with Crippen LogP contribution in [0.1, 0.15) is 11.7 Å². The lowest BCUT2D eigenvalue weighted by Gasteiger charge is -2.02. The van der Waals surface area contributed by atoms with Gasteiger partial charge in [-0.05, 0) is 12.1 Å². The molecule has 1 atom stereocenters. The van der Waals surface area contributed by atoms with E-state index in [1.165, 1.54) is 7.11 Å². The summed E-state index contributed by atoms with van der Waals surface area (Å²) in [6.45, 7) is 0. The van der Waals surface area contributed by atoms with Crippen LogP contribution < -0.4 is 0 Å². The molecule has 0 bridgehead atoms. The zero-order valence-electron chi connectivity index (χ0n) is 8.87. The van der Waals surface area contributed by atoms with E-state index in [2.05, 4.69) is 11.2 Å². The summed E-state index contributed by atoms with van der Waals surface area (Å²) in [6.07, 6.45) is 2.88. The fourth-order valence-corrected chi connectivity index (χ4v) is 1.46. The summed E-state index contributed by atoms with van der Waals surface area (Å²) in [6, 6.07) is 11.8. The molecule has 0 spiro atoms. The first-order valence-electron chi connectivity index (χ1n) is 4.87. The van der Waals surface area contributed by atoms with Crippen LogP contribution in [0, 0.1) is 11.3 Å². The Bertz CT molecular complexity index is 498. The van der Waals surface area contributed by atoms with Crippen molar-refractivity contribution in [1.82, 2.24) is 9.78 Å². The normalized spacial score (nSPS) is 12.0. The molecule has 1 aromatic heterocycles. The molecular formula is C12H11N3O. The minimum absolute atomic E-state index is 0.558. The third kappa shape index (κ3) is 1.95. The highest BCUT2D eigenvalue weighted by Gasteiger charge is 2.11. The number of nitrogens with zero attached hydrogens (tertiary/aromatic N) is 3. The molecule has 0 fully saturated rings. The zero-order valence-corrected chi connectivity index (χ0v) is 8.87. The molecule has 0 aliphatic carbocycles. The van der Waals surface area contributed by atoms with E-state index < -0.39 is 6.10 Å². The second-order valence-corrected chi connectivity index (χ2v) is 3.30. The summed E-state index contributed by atoms with van der Waals surface area (Å²) in [5.41, 5.74) is 1.72. The van der Waals surface area contributed by atoms with Crippen LogP contribution in [0.25, 0.3) is 5.69 Å². The van der Waals surface area contributed by atoms with Gasteiger partial charge in [0.1, 0.15) is 0 Å². The standard InChI is InChI=1S/C12H11N3O/c1-16-12(7-13)10-8-14-15(9-10)11-5-3-2-4-6-11/h2-6,8-9,12H,1H3. The molecule has 80 valence electrons. The second kappa shape index (κ2) is 4.60. The summed E-state index contributed by atoms with van der Waals surface area (Å²) < 4.78 is 6.74. The van der Waals surface area contributed by atoms with E-state index in [4.69, 9.17) is 10.00 Å². The van der Waals surface area contributed by atoms with Crippen LogP contribution in [0.2, 0.25) is 0 Å². The average Bonchev–Trinajstić information content (AvgIpc) is 2.81. The van der Waals surface area contributed by atoms with Gasteiger partial charge in [-0.25, -0.2) is 4.68 Å². The molecule has 0 saturated carbocycles. The molecular weight excluding hydrogens is 202 g/mol. The van der Waals surface area contributed by atoms with Crippen LogP contribution in [0.15, 0.2) is 42.7 Å². The fraction of sp³-hybridized carbons (Fsp3) is 0.167. The Hall–Kier alpha value is -2.12. The maximum Gasteiger partial charge on any atom is 0.171 e. The lowest BCUT2D eigenvalue weighted by molar-refractivity contribution is 0.148. The Balaban J connectivity index is 2.30. The van der Waals surface area contributed by atoms with Crippen molar-refractivity contribution in [2.45, 2.75) is 6.10 Å². The third-order valence-electron chi connectivity index (χ3n) is 2.28. The van der Waals surface area contributed by atoms with Crippen molar-refractivity contribution in [3.63, 3.8) is 0 Å². The van der Waals surface area contributed by atoms with Crippen LogP contribution >= 0.6 is 0 Å². The number of rotatable bonds is 3. The molecule has 0 N–H and O–H groups in total. The average molecular weight is 213 g/mol. The molecule has 0 aliphatic heterocycles. The largest absolute Gasteiger partial charge is 0.362 e. The maximum atomic E-state index is 8.85. The van der Waals surface area contributed by atoms with Crippen molar-refractivity contribution in [3.8, 4) is 11.8 Å². The fourth-order valence-electron chi connectivity index (χ4n) is 1.46. The van der Waals surface area contributed by atoms with E-state index in [9.17, 15) is 0 Å². The van der Waals surface area contributed by atoms with Gasteiger partial charge in [0.25, 0.3) is 0 Å². The zero-order chi connectivity index (χ0) is 11.4. The molecule has 1 unspecified atom stereocenters. The van der Waals surface area contributed by atoms with Gasteiger partial charge in [-0.2, -0.15) is 10.4 Å². The van der Waals surface area contributed by atoms with Gasteiger partial charge in [-0.1, -0.05) is 18.2 Å². The van der Waals surface area contributed by atoms with Crippen LogP contribution in [-0.2, 0) is 4.74 Å². The summed E-state index contributed by atoms with van der Waals surface area (Å²) in [4.78, 5) is 0. The van der Waals surface area contributed by atoms with Gasteiger partial charge in [0, 0.05) is 18.9 Å². The van der Waals surface area contributed by atoms with E-state index in [-0.39, 0.29) is 0 Å². The predicted molar refractivity (Wildman–Crippen MR) is 58.9 cm³/mol. The molecule has 0 radical (unpaired) electrons. The molecule has 0 amide bonds. The van der Waals surface area contributed by atoms with Crippen molar-refractivity contribution in [1.29, 1.82) is 5.26 Å². The summed E-state index contributed by atoms with van der Waals surface area (Å²) >= 11 is 0. The van der Waals surface area contributed by atoms with Gasteiger partial charge >= 0.3 is 0 Å². The smallest absolute Gasteiger partial charge is 0.171 e. The Morgan fingerprint density at radius 1 is 1.38 bits per heavy atom. The summed E-state index contributed by atoms with van der Waals surface area (Å²) in [5.74, 6) is 0. The molecule has 2 aromatic rings. The lowest BCUT2D eigenvalue weighted by Crippen LogP contribution is -1.96. The monoisotopic (exact) mass is 213 g/mol. The molecule has 0 saturated heterocycles. The van der Waals surface area contributed by atoms with Gasteiger partial charge < -0.3 is 4.74 Å². The number of nitriles is 1. The maximum absolute atomic E-state index is 8.85. The molecule has 4 nitrogen and oxygen atoms in total. The van der Waals surface area contributed by atoms with Crippen LogP contribution in [0.5, 0.6) is 0 Å². The first-order valence-corrected chi connectivity index (χ1v) is 4.87. The van der Waals surface area contributed by atoms with Crippen molar-refractivity contribution in [2.75, 3.05) is 7.11 Å². The topological polar surface area (TPSA) is 50.8 Å². The molecule has 0 aliphatic rings. The van der Waals surface area contributed by atoms with E-state index in [0.29, 0.717) is 0 Å². The number of hydrogen-bond acceptors (Lipinski definition) is 3. The Morgan fingerprint density at radius 2 is 2.12 bits per heavy atom. The molecule has 2 rings (SSSR count). The van der Waals surface area contributed by atoms with E-state index >= 15 is 0 Å². The highest BCUT2D eigenvalue weighted by Crippen LogP contribution is 2.16. The minimum Gasteiger partial charge on any atom is -0.362 e. The van der Waals surface area contributed by atoms with Gasteiger partial charge in [-0.3, -0.25) is 0 Å². The van der Waals surface area contributed by atoms with Crippen molar-refractivity contribution in [3.05, 3.63) is 48.3 Å². The number of benzene rings is 1. The number of aromatic nitrogens is 2. The predicted octanol–water partition coefficient (Wildman–Crippen LogP) is 2.08. The molecule has 16 heavy (non-hydrogen) atoms. The minimum atomic E-state index is -0.558. The number of hydrogen-bond donors (Lipinski definition) is 0. The highest BCUT2D eigenvalue weighted by atomic mass is 16.5. The Kier molecular flexibility index (Phi) is 2.99. The number of ether oxygens (including phenoxy) is 1. The third-order valence-corrected chi connectivity index (χ3v) is 2.28. The Labute approximate surface area is 93.7 Å². The van der Waals surface area contributed by atoms with Crippen LogP contribution in [-0.4, -0.2) is 16.9 Å². The molecule has 1 heterocycles. The Morgan fingerprint density at radius 3 is 2.75 bits per heavy atom. The number of para-hydroxylation sites is 1. The summed E-state index contributed by atoms with van der Waals surface area (Å²) in [7, 11) is 1.51. The van der Waals surface area contributed by atoms with Crippen molar-refractivity contribution >= 4 is 0 Å². The summed E-state index contributed by atoms with van der Waals surface area (Å²) in [5, 5.41) is 13.0. The lowest BCUT2D eigenvalue weighted by atomic mass is 10.2. The molecule has 1 aromatic carbocycles. The highest BCUT2D eigenvalue weighted by molar-refractivity contribution is 5.31. The van der Waals surface area contributed by atoms with E-state index in [0.717, 1.165) is 11.3 Å². The molecule has 4 heteroatoms. The second-order valence-electron chi connectivity index (χ2n) is 3.30. The van der Waals surface area contributed by atoms with E-state index in [1.54, 1.807) is 17.1 Å². The van der Waals surface area contributed by atoms with E-state index in [1.807, 2.05) is 30.3 Å². The van der Waals surface area contributed by atoms with Gasteiger partial charge in [0.2, 0.25) is 0 Å². The van der Waals surface area contributed by atoms with Gasteiger partial charge in [0.05, 0.1) is 18.0 Å².